The molecule has 2 N–H and O–H groups in total. The van der Waals surface area contributed by atoms with Gasteiger partial charge in [-0.15, -0.1) is 0 Å². The minimum absolute atomic E-state index is 0.320. The molecule has 16 heavy (non-hydrogen) atoms. The Bertz CT molecular complexity index is 494. The van der Waals surface area contributed by atoms with E-state index in [-0.39, 0.29) is 0 Å². The molecule has 4 heteroatoms. The fraction of sp³-hybridized carbons (Fsp3) is 0.167. The number of nitrogens with zero attached hydrogens (tertiary/aromatic N) is 2. The lowest BCUT2D eigenvalue weighted by molar-refractivity contribution is 1.02. The minimum atomic E-state index is 0.320. The molecule has 0 unspecified atom stereocenters. The maximum absolute atomic E-state index is 5.57. The van der Waals surface area contributed by atoms with Gasteiger partial charge >= 0.3 is 0 Å². The number of hydrogen-bond donors (Lipinski definition) is 1. The molecule has 3 nitrogen and oxygen atoms in total. The quantitative estimate of drug-likeness (QED) is 0.807. The van der Waals surface area contributed by atoms with Gasteiger partial charge in [0.2, 0.25) is 5.95 Å². The lowest BCUT2D eigenvalue weighted by atomic mass is 10.2. The highest BCUT2D eigenvalue weighted by molar-refractivity contribution is 7.99. The van der Waals surface area contributed by atoms with Crippen LogP contribution in [0.3, 0.4) is 0 Å². The summed E-state index contributed by atoms with van der Waals surface area (Å²) in [5.41, 5.74) is 7.86. The molecule has 1 aromatic carbocycles. The summed E-state index contributed by atoms with van der Waals surface area (Å²) in [5.74, 6) is 0.320. The molecule has 0 aliphatic carbocycles. The zero-order valence-electron chi connectivity index (χ0n) is 9.27. The summed E-state index contributed by atoms with van der Waals surface area (Å²) in [6.07, 6.45) is 1.75. The summed E-state index contributed by atoms with van der Waals surface area (Å²) >= 11 is 1.61. The van der Waals surface area contributed by atoms with Crippen molar-refractivity contribution in [1.82, 2.24) is 9.97 Å². The molecule has 2 rings (SSSR count). The van der Waals surface area contributed by atoms with E-state index < -0.39 is 0 Å². The molecule has 0 fully saturated rings. The maximum Gasteiger partial charge on any atom is 0.221 e. The van der Waals surface area contributed by atoms with Crippen LogP contribution in [0.4, 0.5) is 5.95 Å². The third-order valence-electron chi connectivity index (χ3n) is 2.18. The SMILES string of the molecule is Cc1ccc(Sc2nc(N)ncc2C)cc1. The number of rotatable bonds is 2. The van der Waals surface area contributed by atoms with Crippen LogP contribution in [0.2, 0.25) is 0 Å². The van der Waals surface area contributed by atoms with E-state index in [4.69, 9.17) is 5.73 Å². The molecule has 0 amide bonds. The normalized spacial score (nSPS) is 10.4. The standard InChI is InChI=1S/C12H13N3S/c1-8-3-5-10(6-4-8)16-11-9(2)7-14-12(13)15-11/h3-7H,1-2H3,(H2,13,14,15). The molecule has 1 heterocycles. The Hall–Kier alpha value is -1.55. The molecular formula is C12H13N3S. The van der Waals surface area contributed by atoms with E-state index in [0.29, 0.717) is 5.95 Å². The van der Waals surface area contributed by atoms with Gasteiger partial charge in [-0.2, -0.15) is 0 Å². The Kier molecular flexibility index (Phi) is 3.10. The second-order valence-corrected chi connectivity index (χ2v) is 4.69. The molecule has 0 aliphatic heterocycles. The summed E-state index contributed by atoms with van der Waals surface area (Å²) in [4.78, 5) is 9.33. The molecule has 1 aromatic heterocycles. The second kappa shape index (κ2) is 4.53. The van der Waals surface area contributed by atoms with Crippen LogP contribution in [0.1, 0.15) is 11.1 Å². The summed E-state index contributed by atoms with van der Waals surface area (Å²) in [7, 11) is 0. The Morgan fingerprint density at radius 3 is 2.50 bits per heavy atom. The van der Waals surface area contributed by atoms with Crippen molar-refractivity contribution < 1.29 is 0 Å². The second-order valence-electron chi connectivity index (χ2n) is 3.63. The lowest BCUT2D eigenvalue weighted by Crippen LogP contribution is -1.97. The van der Waals surface area contributed by atoms with Gasteiger partial charge in [0.1, 0.15) is 5.03 Å². The zero-order chi connectivity index (χ0) is 11.5. The molecule has 0 saturated heterocycles. The third kappa shape index (κ3) is 2.52. The molecule has 0 bridgehead atoms. The average Bonchev–Trinajstić information content (AvgIpc) is 2.27. The van der Waals surface area contributed by atoms with Crippen LogP contribution >= 0.6 is 11.8 Å². The van der Waals surface area contributed by atoms with E-state index in [9.17, 15) is 0 Å². The number of nitrogens with two attached hydrogens (primary N) is 1. The number of hydrogen-bond acceptors (Lipinski definition) is 4. The largest absolute Gasteiger partial charge is 0.368 e. The van der Waals surface area contributed by atoms with E-state index in [2.05, 4.69) is 41.2 Å². The van der Waals surface area contributed by atoms with Crippen molar-refractivity contribution in [2.45, 2.75) is 23.8 Å². The first-order valence-corrected chi connectivity index (χ1v) is 5.80. The highest BCUT2D eigenvalue weighted by atomic mass is 32.2. The summed E-state index contributed by atoms with van der Waals surface area (Å²) < 4.78 is 0. The first-order chi connectivity index (χ1) is 7.65. The van der Waals surface area contributed by atoms with Crippen molar-refractivity contribution in [2.24, 2.45) is 0 Å². The van der Waals surface area contributed by atoms with Gasteiger partial charge in [0.05, 0.1) is 0 Å². The van der Waals surface area contributed by atoms with Crippen molar-refractivity contribution in [3.05, 3.63) is 41.6 Å². The van der Waals surface area contributed by atoms with Crippen LogP contribution in [0.25, 0.3) is 0 Å². The van der Waals surface area contributed by atoms with Gasteiger partial charge in [-0.1, -0.05) is 29.5 Å². The fourth-order valence-corrected chi connectivity index (χ4v) is 2.11. The van der Waals surface area contributed by atoms with Crippen molar-refractivity contribution in [3.63, 3.8) is 0 Å². The van der Waals surface area contributed by atoms with Crippen LogP contribution in [-0.4, -0.2) is 9.97 Å². The Morgan fingerprint density at radius 2 is 1.81 bits per heavy atom. The average molecular weight is 231 g/mol. The summed E-state index contributed by atoms with van der Waals surface area (Å²) in [6.45, 7) is 4.05. The van der Waals surface area contributed by atoms with Crippen molar-refractivity contribution in [1.29, 1.82) is 0 Å². The molecule has 0 radical (unpaired) electrons. The molecule has 0 spiro atoms. The molecule has 82 valence electrons. The number of aromatic nitrogens is 2. The molecule has 0 saturated carbocycles. The number of nitrogen functional groups attached to an aromatic ring is 1. The van der Waals surface area contributed by atoms with Gasteiger partial charge in [-0.3, -0.25) is 0 Å². The summed E-state index contributed by atoms with van der Waals surface area (Å²) in [5, 5.41) is 0.913. The first-order valence-electron chi connectivity index (χ1n) is 4.99. The van der Waals surface area contributed by atoms with Crippen LogP contribution in [0.15, 0.2) is 40.4 Å². The maximum atomic E-state index is 5.57. The zero-order valence-corrected chi connectivity index (χ0v) is 10.1. The van der Waals surface area contributed by atoms with Crippen LogP contribution < -0.4 is 5.73 Å². The summed E-state index contributed by atoms with van der Waals surface area (Å²) in [6, 6.07) is 8.33. The van der Waals surface area contributed by atoms with Gasteiger partial charge in [0, 0.05) is 16.7 Å². The van der Waals surface area contributed by atoms with Crippen LogP contribution in [0, 0.1) is 13.8 Å². The number of anilines is 1. The van der Waals surface area contributed by atoms with E-state index in [1.54, 1.807) is 18.0 Å². The first kappa shape index (κ1) is 11.0. The van der Waals surface area contributed by atoms with Crippen molar-refractivity contribution in [3.8, 4) is 0 Å². The number of aryl methyl sites for hydroxylation is 2. The van der Waals surface area contributed by atoms with Gasteiger partial charge in [-0.25, -0.2) is 9.97 Å². The lowest BCUT2D eigenvalue weighted by Gasteiger charge is -2.04. The predicted molar refractivity (Wildman–Crippen MR) is 66.5 cm³/mol. The fourth-order valence-electron chi connectivity index (χ4n) is 1.26. The van der Waals surface area contributed by atoms with E-state index >= 15 is 0 Å². The monoisotopic (exact) mass is 231 g/mol. The van der Waals surface area contributed by atoms with Gasteiger partial charge < -0.3 is 5.73 Å². The predicted octanol–water partition coefficient (Wildman–Crippen LogP) is 2.83. The van der Waals surface area contributed by atoms with Crippen LogP contribution in [0.5, 0.6) is 0 Å². The van der Waals surface area contributed by atoms with Gasteiger partial charge in [0.15, 0.2) is 0 Å². The van der Waals surface area contributed by atoms with E-state index in [1.165, 1.54) is 5.56 Å². The molecule has 0 aliphatic rings. The van der Waals surface area contributed by atoms with Gasteiger partial charge in [-0.05, 0) is 26.0 Å². The topological polar surface area (TPSA) is 51.8 Å². The van der Waals surface area contributed by atoms with E-state index in [1.807, 2.05) is 6.92 Å². The molecular weight excluding hydrogens is 218 g/mol. The Morgan fingerprint density at radius 1 is 1.12 bits per heavy atom. The van der Waals surface area contributed by atoms with E-state index in [0.717, 1.165) is 15.5 Å². The van der Waals surface area contributed by atoms with Crippen LogP contribution in [-0.2, 0) is 0 Å². The molecule has 0 atom stereocenters. The highest BCUT2D eigenvalue weighted by Crippen LogP contribution is 2.28. The van der Waals surface area contributed by atoms with Crippen molar-refractivity contribution in [2.75, 3.05) is 5.73 Å². The Labute approximate surface area is 99.1 Å². The minimum Gasteiger partial charge on any atom is -0.368 e. The third-order valence-corrected chi connectivity index (χ3v) is 3.29. The molecule has 2 aromatic rings. The van der Waals surface area contributed by atoms with Crippen molar-refractivity contribution >= 4 is 17.7 Å². The van der Waals surface area contributed by atoms with Gasteiger partial charge in [0.25, 0.3) is 0 Å². The highest BCUT2D eigenvalue weighted by Gasteiger charge is 2.04. The smallest absolute Gasteiger partial charge is 0.221 e. The Balaban J connectivity index is 2.26. The number of benzene rings is 1.